The second kappa shape index (κ2) is 2.63. The standard InChI is InChI=1S/C12H20O6/c1-8(2)7(14)10(8,15)6-5(13)11(16)9(3,4)12(11,17)18-6/h5-7,13-17H,1-4H3/t5-,6+,7?,10+,11+,12?/m1/s1. The van der Waals surface area contributed by atoms with Crippen LogP contribution in [-0.4, -0.2) is 60.8 Å². The lowest BCUT2D eigenvalue weighted by Gasteiger charge is -2.30. The van der Waals surface area contributed by atoms with Crippen molar-refractivity contribution >= 4 is 0 Å². The first kappa shape index (κ1) is 12.8. The highest BCUT2D eigenvalue weighted by Gasteiger charge is 2.95. The second-order valence-corrected chi connectivity index (χ2v) is 6.97. The van der Waals surface area contributed by atoms with Gasteiger partial charge < -0.3 is 30.3 Å². The largest absolute Gasteiger partial charge is 0.389 e. The molecule has 2 saturated carbocycles. The predicted molar refractivity (Wildman–Crippen MR) is 59.3 cm³/mol. The van der Waals surface area contributed by atoms with Crippen molar-refractivity contribution in [2.75, 3.05) is 0 Å². The van der Waals surface area contributed by atoms with Crippen molar-refractivity contribution in [1.29, 1.82) is 0 Å². The maximum Gasteiger partial charge on any atom is 0.207 e. The molecular weight excluding hydrogens is 240 g/mol. The number of hydrogen-bond donors (Lipinski definition) is 5. The summed E-state index contributed by atoms with van der Waals surface area (Å²) in [6.07, 6.45) is -3.71. The molecule has 3 aliphatic rings. The summed E-state index contributed by atoms with van der Waals surface area (Å²) in [5, 5.41) is 50.9. The normalized spacial score (nSPS) is 63.5. The van der Waals surface area contributed by atoms with Crippen LogP contribution < -0.4 is 0 Å². The van der Waals surface area contributed by atoms with Crippen LogP contribution in [0.4, 0.5) is 0 Å². The van der Waals surface area contributed by atoms with Crippen LogP contribution in [0.15, 0.2) is 0 Å². The van der Waals surface area contributed by atoms with E-state index in [1.54, 1.807) is 27.7 Å². The lowest BCUT2D eigenvalue weighted by molar-refractivity contribution is -0.208. The third kappa shape index (κ3) is 0.819. The van der Waals surface area contributed by atoms with Gasteiger partial charge in [-0.2, -0.15) is 0 Å². The van der Waals surface area contributed by atoms with Gasteiger partial charge in [0.2, 0.25) is 5.79 Å². The van der Waals surface area contributed by atoms with Crippen LogP contribution in [0.1, 0.15) is 27.7 Å². The van der Waals surface area contributed by atoms with E-state index in [2.05, 4.69) is 0 Å². The van der Waals surface area contributed by atoms with Crippen LogP contribution in [-0.2, 0) is 4.74 Å². The average Bonchev–Trinajstić information content (AvgIpc) is 2.72. The van der Waals surface area contributed by atoms with Crippen molar-refractivity contribution in [2.45, 2.75) is 63.0 Å². The van der Waals surface area contributed by atoms with Gasteiger partial charge in [-0.05, 0) is 0 Å². The average molecular weight is 260 g/mol. The summed E-state index contributed by atoms with van der Waals surface area (Å²) >= 11 is 0. The van der Waals surface area contributed by atoms with Gasteiger partial charge in [0.15, 0.2) is 5.60 Å². The number of rotatable bonds is 1. The SMILES string of the molecule is CC1(C)C2(O)O[C@H]([C@]3(O)C(O)C3(C)C)[C@@H](O)[C@]12O. The lowest BCUT2D eigenvalue weighted by atomic mass is 9.91. The summed E-state index contributed by atoms with van der Waals surface area (Å²) in [4.78, 5) is 0. The monoisotopic (exact) mass is 260 g/mol. The highest BCUT2D eigenvalue weighted by molar-refractivity contribution is 5.39. The van der Waals surface area contributed by atoms with Crippen molar-refractivity contribution < 1.29 is 30.3 Å². The Labute approximate surface area is 105 Å². The molecule has 1 saturated heterocycles. The molecule has 6 heteroatoms. The van der Waals surface area contributed by atoms with E-state index in [4.69, 9.17) is 4.74 Å². The third-order valence-corrected chi connectivity index (χ3v) is 5.75. The topological polar surface area (TPSA) is 110 Å². The van der Waals surface area contributed by atoms with Crippen LogP contribution in [0.2, 0.25) is 0 Å². The third-order valence-electron chi connectivity index (χ3n) is 5.75. The molecule has 6 nitrogen and oxygen atoms in total. The molecule has 2 aliphatic carbocycles. The van der Waals surface area contributed by atoms with E-state index in [0.717, 1.165) is 0 Å². The number of hydrogen-bond acceptors (Lipinski definition) is 6. The molecule has 2 unspecified atom stereocenters. The van der Waals surface area contributed by atoms with Gasteiger partial charge in [0.25, 0.3) is 0 Å². The first-order valence-electron chi connectivity index (χ1n) is 6.12. The Balaban J connectivity index is 1.95. The van der Waals surface area contributed by atoms with E-state index in [1.165, 1.54) is 0 Å². The molecule has 0 amide bonds. The van der Waals surface area contributed by atoms with E-state index < -0.39 is 46.1 Å². The van der Waals surface area contributed by atoms with Gasteiger partial charge >= 0.3 is 0 Å². The fourth-order valence-electron chi connectivity index (χ4n) is 3.70. The van der Waals surface area contributed by atoms with Crippen molar-refractivity contribution in [2.24, 2.45) is 10.8 Å². The molecule has 1 aliphatic heterocycles. The van der Waals surface area contributed by atoms with E-state index in [-0.39, 0.29) is 0 Å². The molecule has 5 N–H and O–H groups in total. The molecule has 3 fully saturated rings. The van der Waals surface area contributed by atoms with Gasteiger partial charge in [-0.3, -0.25) is 0 Å². The molecule has 0 aromatic rings. The van der Waals surface area contributed by atoms with E-state index in [0.29, 0.717) is 0 Å². The van der Waals surface area contributed by atoms with Crippen LogP contribution in [0.3, 0.4) is 0 Å². The molecular formula is C12H20O6. The van der Waals surface area contributed by atoms with E-state index >= 15 is 0 Å². The summed E-state index contributed by atoms with van der Waals surface area (Å²) in [5.41, 5.74) is -5.30. The zero-order valence-corrected chi connectivity index (χ0v) is 10.9. The van der Waals surface area contributed by atoms with Crippen molar-refractivity contribution in [3.05, 3.63) is 0 Å². The van der Waals surface area contributed by atoms with Crippen LogP contribution in [0.25, 0.3) is 0 Å². The van der Waals surface area contributed by atoms with E-state index in [1.807, 2.05) is 0 Å². The van der Waals surface area contributed by atoms with Crippen LogP contribution in [0.5, 0.6) is 0 Å². The molecule has 0 aromatic heterocycles. The van der Waals surface area contributed by atoms with Gasteiger partial charge in [-0.15, -0.1) is 0 Å². The van der Waals surface area contributed by atoms with E-state index in [9.17, 15) is 25.5 Å². The van der Waals surface area contributed by atoms with Gasteiger partial charge in [0, 0.05) is 5.41 Å². The Morgan fingerprint density at radius 2 is 1.39 bits per heavy atom. The smallest absolute Gasteiger partial charge is 0.207 e. The quantitative estimate of drug-likeness (QED) is 0.386. The van der Waals surface area contributed by atoms with Gasteiger partial charge in [-0.25, -0.2) is 0 Å². The first-order chi connectivity index (χ1) is 7.90. The minimum absolute atomic E-state index is 0.841. The van der Waals surface area contributed by atoms with Crippen molar-refractivity contribution in [1.82, 2.24) is 0 Å². The molecule has 18 heavy (non-hydrogen) atoms. The fourth-order valence-corrected chi connectivity index (χ4v) is 3.70. The molecule has 0 spiro atoms. The number of aliphatic hydroxyl groups is 5. The van der Waals surface area contributed by atoms with Crippen LogP contribution >= 0.6 is 0 Å². The van der Waals surface area contributed by atoms with Gasteiger partial charge in [0.1, 0.15) is 17.8 Å². The van der Waals surface area contributed by atoms with Gasteiger partial charge in [0.05, 0.1) is 11.5 Å². The minimum atomic E-state index is -1.88. The number of ether oxygens (including phenoxy) is 1. The maximum absolute atomic E-state index is 10.4. The molecule has 6 atom stereocenters. The molecule has 1 heterocycles. The molecule has 104 valence electrons. The van der Waals surface area contributed by atoms with Gasteiger partial charge in [-0.1, -0.05) is 27.7 Å². The Hall–Kier alpha value is -0.240. The molecule has 3 rings (SSSR count). The summed E-state index contributed by atoms with van der Waals surface area (Å²) in [7, 11) is 0. The van der Waals surface area contributed by atoms with Crippen molar-refractivity contribution in [3.8, 4) is 0 Å². The minimum Gasteiger partial charge on any atom is -0.389 e. The molecule has 0 bridgehead atoms. The summed E-state index contributed by atoms with van der Waals surface area (Å²) in [5.74, 6) is -1.88. The maximum atomic E-state index is 10.4. The number of aliphatic hydroxyl groups excluding tert-OH is 2. The summed E-state index contributed by atoms with van der Waals surface area (Å²) in [6.45, 7) is 6.42. The highest BCUT2D eigenvalue weighted by Crippen LogP contribution is 2.75. The van der Waals surface area contributed by atoms with Crippen LogP contribution in [0, 0.1) is 10.8 Å². The molecule has 0 radical (unpaired) electrons. The zero-order valence-electron chi connectivity index (χ0n) is 10.9. The summed E-state index contributed by atoms with van der Waals surface area (Å²) < 4.78 is 5.33. The second-order valence-electron chi connectivity index (χ2n) is 6.97. The Kier molecular flexibility index (Phi) is 1.87. The number of fused-ring (bicyclic) bond motifs is 1. The Morgan fingerprint density at radius 3 is 1.67 bits per heavy atom. The Bertz CT molecular complexity index is 434. The zero-order chi connectivity index (χ0) is 13.9. The van der Waals surface area contributed by atoms with Crippen molar-refractivity contribution in [3.63, 3.8) is 0 Å². The summed E-state index contributed by atoms with van der Waals surface area (Å²) in [6, 6.07) is 0. The highest BCUT2D eigenvalue weighted by atomic mass is 16.7. The lowest BCUT2D eigenvalue weighted by Crippen LogP contribution is -2.49. The first-order valence-corrected chi connectivity index (χ1v) is 6.12. The predicted octanol–water partition coefficient (Wildman–Crippen LogP) is -1.66. The molecule has 0 aromatic carbocycles. The fraction of sp³-hybridized carbons (Fsp3) is 1.00. The Morgan fingerprint density at radius 1 is 0.944 bits per heavy atom.